The van der Waals surface area contributed by atoms with Crippen LogP contribution in [0.3, 0.4) is 0 Å². The third kappa shape index (κ3) is 1.61. The Balaban J connectivity index is 2.03. The van der Waals surface area contributed by atoms with Crippen molar-refractivity contribution in [2.75, 3.05) is 13.2 Å². The van der Waals surface area contributed by atoms with Crippen LogP contribution in [-0.4, -0.2) is 19.0 Å². The topological polar surface area (TPSA) is 35.5 Å². The average Bonchev–Trinajstić information content (AvgIpc) is 2.64. The van der Waals surface area contributed by atoms with Crippen molar-refractivity contribution in [1.29, 1.82) is 0 Å². The Morgan fingerprint density at radius 1 is 1.18 bits per heavy atom. The van der Waals surface area contributed by atoms with Crippen LogP contribution < -0.4 is 9.47 Å². The van der Waals surface area contributed by atoms with Gasteiger partial charge in [0.15, 0.2) is 17.3 Å². The fourth-order valence-electron chi connectivity index (χ4n) is 2.60. The minimum atomic E-state index is 0.119. The number of ether oxygens (including phenoxy) is 2. The van der Waals surface area contributed by atoms with E-state index in [4.69, 9.17) is 9.47 Å². The third-order valence-corrected chi connectivity index (χ3v) is 3.61. The van der Waals surface area contributed by atoms with Crippen LogP contribution >= 0.6 is 0 Å². The lowest BCUT2D eigenvalue weighted by atomic mass is 9.92. The fraction of sp³-hybridized carbons (Fsp3) is 0.500. The normalized spacial score (nSPS) is 21.8. The van der Waals surface area contributed by atoms with E-state index in [0.29, 0.717) is 24.9 Å². The molecule has 1 aliphatic carbocycles. The molecular formula is C14H16O3. The Hall–Kier alpha value is -1.51. The first-order chi connectivity index (χ1) is 8.16. The molecule has 0 spiro atoms. The lowest BCUT2D eigenvalue weighted by molar-refractivity contribution is 0.0905. The first kappa shape index (κ1) is 10.6. The van der Waals surface area contributed by atoms with Gasteiger partial charge in [-0.1, -0.05) is 13.8 Å². The SMILES string of the molecule is CC(C)C1Cc2cc3c(cc2C1=O)OCCO3. The molecule has 0 saturated carbocycles. The van der Waals surface area contributed by atoms with Gasteiger partial charge in [0.05, 0.1) is 0 Å². The molecule has 17 heavy (non-hydrogen) atoms. The van der Waals surface area contributed by atoms with Crippen molar-refractivity contribution in [3.63, 3.8) is 0 Å². The van der Waals surface area contributed by atoms with Gasteiger partial charge in [-0.2, -0.15) is 0 Å². The molecule has 0 saturated heterocycles. The number of rotatable bonds is 1. The van der Waals surface area contributed by atoms with Gasteiger partial charge in [-0.3, -0.25) is 4.79 Å². The van der Waals surface area contributed by atoms with Gasteiger partial charge in [-0.05, 0) is 30.0 Å². The maximum absolute atomic E-state index is 12.2. The molecule has 0 N–H and O–H groups in total. The zero-order chi connectivity index (χ0) is 12.0. The predicted molar refractivity (Wildman–Crippen MR) is 63.8 cm³/mol. The van der Waals surface area contributed by atoms with E-state index in [-0.39, 0.29) is 11.7 Å². The molecule has 3 nitrogen and oxygen atoms in total. The van der Waals surface area contributed by atoms with Gasteiger partial charge >= 0.3 is 0 Å². The van der Waals surface area contributed by atoms with Crippen molar-refractivity contribution in [3.8, 4) is 11.5 Å². The number of benzene rings is 1. The largest absolute Gasteiger partial charge is 0.486 e. The van der Waals surface area contributed by atoms with Gasteiger partial charge in [-0.15, -0.1) is 0 Å². The molecule has 1 aromatic rings. The Morgan fingerprint density at radius 2 is 1.82 bits per heavy atom. The van der Waals surface area contributed by atoms with Gasteiger partial charge in [0.1, 0.15) is 13.2 Å². The molecule has 3 rings (SSSR count). The van der Waals surface area contributed by atoms with Crippen molar-refractivity contribution >= 4 is 5.78 Å². The maximum Gasteiger partial charge on any atom is 0.166 e. The second kappa shape index (κ2) is 3.76. The van der Waals surface area contributed by atoms with E-state index in [0.717, 1.165) is 23.3 Å². The Morgan fingerprint density at radius 3 is 2.47 bits per heavy atom. The van der Waals surface area contributed by atoms with Crippen molar-refractivity contribution in [2.45, 2.75) is 20.3 Å². The van der Waals surface area contributed by atoms with Gasteiger partial charge in [0.25, 0.3) is 0 Å². The van der Waals surface area contributed by atoms with E-state index in [2.05, 4.69) is 13.8 Å². The number of hydrogen-bond donors (Lipinski definition) is 0. The Kier molecular flexibility index (Phi) is 2.35. The second-order valence-electron chi connectivity index (χ2n) is 5.07. The number of ketones is 1. The minimum absolute atomic E-state index is 0.119. The first-order valence-electron chi connectivity index (χ1n) is 6.13. The summed E-state index contributed by atoms with van der Waals surface area (Å²) in [6.45, 7) is 5.35. The lowest BCUT2D eigenvalue weighted by Crippen LogP contribution is -2.16. The van der Waals surface area contributed by atoms with E-state index in [1.54, 1.807) is 0 Å². The van der Waals surface area contributed by atoms with Crippen molar-refractivity contribution in [3.05, 3.63) is 23.3 Å². The van der Waals surface area contributed by atoms with Gasteiger partial charge in [-0.25, -0.2) is 0 Å². The van der Waals surface area contributed by atoms with E-state index < -0.39 is 0 Å². The molecule has 2 aliphatic rings. The van der Waals surface area contributed by atoms with Crippen LogP contribution in [0.4, 0.5) is 0 Å². The molecule has 0 aromatic heterocycles. The number of carbonyl (C=O) groups is 1. The highest BCUT2D eigenvalue weighted by atomic mass is 16.6. The van der Waals surface area contributed by atoms with Crippen LogP contribution in [-0.2, 0) is 6.42 Å². The smallest absolute Gasteiger partial charge is 0.166 e. The molecule has 0 fully saturated rings. The molecule has 90 valence electrons. The summed E-state index contributed by atoms with van der Waals surface area (Å²) in [5.41, 5.74) is 1.94. The zero-order valence-electron chi connectivity index (χ0n) is 10.2. The highest BCUT2D eigenvalue weighted by molar-refractivity contribution is 6.03. The van der Waals surface area contributed by atoms with E-state index in [9.17, 15) is 4.79 Å². The molecular weight excluding hydrogens is 216 g/mol. The number of fused-ring (bicyclic) bond motifs is 2. The maximum atomic E-state index is 12.2. The molecule has 0 amide bonds. The van der Waals surface area contributed by atoms with Crippen molar-refractivity contribution in [2.24, 2.45) is 11.8 Å². The summed E-state index contributed by atoms with van der Waals surface area (Å²) in [4.78, 5) is 12.2. The highest BCUT2D eigenvalue weighted by Gasteiger charge is 2.34. The highest BCUT2D eigenvalue weighted by Crippen LogP contribution is 2.39. The van der Waals surface area contributed by atoms with Gasteiger partial charge in [0.2, 0.25) is 0 Å². The van der Waals surface area contributed by atoms with Crippen LogP contribution in [0.2, 0.25) is 0 Å². The summed E-state index contributed by atoms with van der Waals surface area (Å²) in [6.07, 6.45) is 0.836. The third-order valence-electron chi connectivity index (χ3n) is 3.61. The molecule has 0 radical (unpaired) electrons. The summed E-state index contributed by atoms with van der Waals surface area (Å²) < 4.78 is 11.1. The van der Waals surface area contributed by atoms with Crippen molar-refractivity contribution in [1.82, 2.24) is 0 Å². The molecule has 1 aromatic carbocycles. The first-order valence-corrected chi connectivity index (χ1v) is 6.13. The van der Waals surface area contributed by atoms with Gasteiger partial charge < -0.3 is 9.47 Å². The average molecular weight is 232 g/mol. The zero-order valence-corrected chi connectivity index (χ0v) is 10.2. The standard InChI is InChI=1S/C14H16O3/c1-8(2)10-5-9-6-12-13(17-4-3-16-12)7-11(9)14(10)15/h6-8,10H,3-5H2,1-2H3. The van der Waals surface area contributed by atoms with Gasteiger partial charge in [0, 0.05) is 11.5 Å². The monoisotopic (exact) mass is 232 g/mol. The quantitative estimate of drug-likeness (QED) is 0.746. The lowest BCUT2D eigenvalue weighted by Gasteiger charge is -2.19. The summed E-state index contributed by atoms with van der Waals surface area (Å²) >= 11 is 0. The van der Waals surface area contributed by atoms with Crippen LogP contribution in [0.25, 0.3) is 0 Å². The Bertz CT molecular complexity index is 477. The van der Waals surface area contributed by atoms with Crippen molar-refractivity contribution < 1.29 is 14.3 Å². The summed E-state index contributed by atoms with van der Waals surface area (Å²) in [5.74, 6) is 2.26. The number of hydrogen-bond acceptors (Lipinski definition) is 3. The predicted octanol–water partition coefficient (Wildman–Crippen LogP) is 2.47. The number of Topliss-reactive ketones (excluding diaryl/α,β-unsaturated/α-hetero) is 1. The van der Waals surface area contributed by atoms with Crippen LogP contribution in [0, 0.1) is 11.8 Å². The summed E-state index contributed by atoms with van der Waals surface area (Å²) in [6, 6.07) is 3.83. The Labute approximate surface area is 101 Å². The van der Waals surface area contributed by atoms with E-state index in [1.807, 2.05) is 12.1 Å². The molecule has 0 bridgehead atoms. The van der Waals surface area contributed by atoms with Crippen LogP contribution in [0.1, 0.15) is 29.8 Å². The fourth-order valence-corrected chi connectivity index (χ4v) is 2.60. The molecule has 1 heterocycles. The molecule has 1 unspecified atom stereocenters. The summed E-state index contributed by atoms with van der Waals surface area (Å²) in [5, 5.41) is 0. The molecule has 1 atom stereocenters. The minimum Gasteiger partial charge on any atom is -0.486 e. The number of carbonyl (C=O) groups excluding carboxylic acids is 1. The van der Waals surface area contributed by atoms with Crippen LogP contribution in [0.15, 0.2) is 12.1 Å². The molecule has 3 heteroatoms. The van der Waals surface area contributed by atoms with Crippen LogP contribution in [0.5, 0.6) is 11.5 Å². The second-order valence-corrected chi connectivity index (χ2v) is 5.07. The summed E-state index contributed by atoms with van der Waals surface area (Å²) in [7, 11) is 0. The van der Waals surface area contributed by atoms with E-state index >= 15 is 0 Å². The van der Waals surface area contributed by atoms with E-state index in [1.165, 1.54) is 0 Å². The molecule has 1 aliphatic heterocycles.